The molecule has 1 N–H and O–H groups in total. The molecule has 0 aliphatic heterocycles. The predicted octanol–water partition coefficient (Wildman–Crippen LogP) is 2.84. The number of aryl methyl sites for hydroxylation is 1. The Balaban J connectivity index is 1.72. The first-order chi connectivity index (χ1) is 11.9. The van der Waals surface area contributed by atoms with Gasteiger partial charge in [0.25, 0.3) is 5.69 Å². The van der Waals surface area contributed by atoms with E-state index in [1.807, 2.05) is 35.8 Å². The van der Waals surface area contributed by atoms with Gasteiger partial charge in [0.15, 0.2) is 0 Å². The van der Waals surface area contributed by atoms with Crippen LogP contribution in [0.15, 0.2) is 59.5 Å². The standard InChI is InChI=1S/C17H17N3O4S/c1-13-12-14-4-2-3-5-17(14)19(13)11-10-18-25(23,24)16-8-6-15(7-9-16)20(21)22/h2-9,12,18H,10-11H2,1H3. The average Bonchev–Trinajstić information content (AvgIpc) is 2.90. The summed E-state index contributed by atoms with van der Waals surface area (Å²) in [4.78, 5) is 10.1. The number of sulfonamides is 1. The van der Waals surface area contributed by atoms with E-state index in [1.165, 1.54) is 24.3 Å². The molecule has 0 fully saturated rings. The molecule has 0 bridgehead atoms. The molecule has 0 spiro atoms. The van der Waals surface area contributed by atoms with Crippen molar-refractivity contribution in [3.05, 3.63) is 70.4 Å². The van der Waals surface area contributed by atoms with Gasteiger partial charge >= 0.3 is 0 Å². The number of nitro benzene ring substituents is 1. The van der Waals surface area contributed by atoms with Crippen LogP contribution in [0.4, 0.5) is 5.69 Å². The quantitative estimate of drug-likeness (QED) is 0.541. The van der Waals surface area contributed by atoms with Crippen LogP contribution in [0.2, 0.25) is 0 Å². The number of hydrogen-bond donors (Lipinski definition) is 1. The molecule has 2 aromatic carbocycles. The second-order valence-electron chi connectivity index (χ2n) is 5.64. The van der Waals surface area contributed by atoms with Crippen molar-refractivity contribution in [2.75, 3.05) is 6.54 Å². The van der Waals surface area contributed by atoms with Gasteiger partial charge in [0.1, 0.15) is 0 Å². The number of fused-ring (bicyclic) bond motifs is 1. The summed E-state index contributed by atoms with van der Waals surface area (Å²) in [7, 11) is -3.71. The van der Waals surface area contributed by atoms with Gasteiger partial charge in [-0.1, -0.05) is 18.2 Å². The molecule has 0 saturated carbocycles. The van der Waals surface area contributed by atoms with Gasteiger partial charge in [-0.25, -0.2) is 13.1 Å². The highest BCUT2D eigenvalue weighted by Crippen LogP contribution is 2.19. The zero-order valence-electron chi connectivity index (χ0n) is 13.5. The fourth-order valence-corrected chi connectivity index (χ4v) is 3.79. The molecular weight excluding hydrogens is 342 g/mol. The Morgan fingerprint density at radius 2 is 1.80 bits per heavy atom. The van der Waals surface area contributed by atoms with Crippen molar-refractivity contribution in [2.24, 2.45) is 0 Å². The van der Waals surface area contributed by atoms with Crippen LogP contribution in [0.5, 0.6) is 0 Å². The first-order valence-corrected chi connectivity index (χ1v) is 9.16. The van der Waals surface area contributed by atoms with Gasteiger partial charge in [-0.3, -0.25) is 10.1 Å². The Kier molecular flexibility index (Phi) is 4.56. The largest absolute Gasteiger partial charge is 0.344 e. The van der Waals surface area contributed by atoms with Crippen LogP contribution < -0.4 is 4.72 Å². The van der Waals surface area contributed by atoms with Crippen molar-refractivity contribution in [1.29, 1.82) is 0 Å². The number of benzene rings is 2. The zero-order chi connectivity index (χ0) is 18.0. The minimum absolute atomic E-state index is 0.00665. The maximum atomic E-state index is 12.3. The first kappa shape index (κ1) is 17.1. The molecule has 0 amide bonds. The van der Waals surface area contributed by atoms with E-state index >= 15 is 0 Å². The topological polar surface area (TPSA) is 94.2 Å². The van der Waals surface area contributed by atoms with E-state index in [4.69, 9.17) is 0 Å². The molecular formula is C17H17N3O4S. The maximum Gasteiger partial charge on any atom is 0.269 e. The van der Waals surface area contributed by atoms with E-state index < -0.39 is 14.9 Å². The van der Waals surface area contributed by atoms with Crippen LogP contribution in [0, 0.1) is 17.0 Å². The Labute approximate surface area is 145 Å². The van der Waals surface area contributed by atoms with E-state index in [2.05, 4.69) is 10.8 Å². The molecule has 0 aliphatic carbocycles. The van der Waals surface area contributed by atoms with E-state index in [1.54, 1.807) is 0 Å². The predicted molar refractivity (Wildman–Crippen MR) is 95.0 cm³/mol. The molecule has 1 heterocycles. The SMILES string of the molecule is Cc1cc2ccccc2n1CCNS(=O)(=O)c1ccc([N+](=O)[O-])cc1. The molecule has 0 aliphatic rings. The van der Waals surface area contributed by atoms with Crippen LogP contribution >= 0.6 is 0 Å². The van der Waals surface area contributed by atoms with Gasteiger partial charge in [-0.15, -0.1) is 0 Å². The van der Waals surface area contributed by atoms with Crippen LogP contribution in [-0.4, -0.2) is 24.5 Å². The Bertz CT molecular complexity index is 1020. The number of nitrogens with one attached hydrogen (secondary N) is 1. The minimum atomic E-state index is -3.71. The summed E-state index contributed by atoms with van der Waals surface area (Å²) >= 11 is 0. The molecule has 3 aromatic rings. The number of para-hydroxylation sites is 1. The molecule has 0 unspecified atom stereocenters. The van der Waals surface area contributed by atoms with Crippen LogP contribution in [-0.2, 0) is 16.6 Å². The number of hydrogen-bond acceptors (Lipinski definition) is 4. The second-order valence-corrected chi connectivity index (χ2v) is 7.41. The number of aromatic nitrogens is 1. The lowest BCUT2D eigenvalue weighted by Gasteiger charge is -2.10. The Morgan fingerprint density at radius 1 is 1.12 bits per heavy atom. The monoisotopic (exact) mass is 359 g/mol. The average molecular weight is 359 g/mol. The molecule has 8 heteroatoms. The summed E-state index contributed by atoms with van der Waals surface area (Å²) in [6.45, 7) is 2.69. The summed E-state index contributed by atoms with van der Waals surface area (Å²) in [5.41, 5.74) is 1.96. The second kappa shape index (κ2) is 6.66. The molecule has 25 heavy (non-hydrogen) atoms. The molecule has 7 nitrogen and oxygen atoms in total. The van der Waals surface area contributed by atoms with Crippen molar-refractivity contribution in [3.8, 4) is 0 Å². The normalized spacial score (nSPS) is 11.7. The van der Waals surface area contributed by atoms with Gasteiger partial charge in [-0.05, 0) is 36.6 Å². The zero-order valence-corrected chi connectivity index (χ0v) is 14.4. The van der Waals surface area contributed by atoms with Gasteiger partial charge < -0.3 is 4.57 Å². The lowest BCUT2D eigenvalue weighted by molar-refractivity contribution is -0.384. The van der Waals surface area contributed by atoms with E-state index in [0.29, 0.717) is 6.54 Å². The highest BCUT2D eigenvalue weighted by molar-refractivity contribution is 7.89. The number of rotatable bonds is 6. The van der Waals surface area contributed by atoms with Gasteiger partial charge in [0.05, 0.1) is 9.82 Å². The fourth-order valence-electron chi connectivity index (χ4n) is 2.77. The lowest BCUT2D eigenvalue weighted by atomic mass is 10.2. The fraction of sp³-hybridized carbons (Fsp3) is 0.176. The molecule has 3 rings (SSSR count). The molecule has 0 atom stereocenters. The molecule has 0 radical (unpaired) electrons. The summed E-state index contributed by atoms with van der Waals surface area (Å²) in [6, 6.07) is 14.8. The van der Waals surface area contributed by atoms with E-state index in [0.717, 1.165) is 16.6 Å². The van der Waals surface area contributed by atoms with Gasteiger partial charge in [0, 0.05) is 36.4 Å². The van der Waals surface area contributed by atoms with E-state index in [9.17, 15) is 18.5 Å². The van der Waals surface area contributed by atoms with Crippen molar-refractivity contribution in [3.63, 3.8) is 0 Å². The third-order valence-corrected chi connectivity index (χ3v) is 5.48. The highest BCUT2D eigenvalue weighted by Gasteiger charge is 2.15. The lowest BCUT2D eigenvalue weighted by Crippen LogP contribution is -2.27. The number of nitro groups is 1. The van der Waals surface area contributed by atoms with Gasteiger partial charge in [0.2, 0.25) is 10.0 Å². The summed E-state index contributed by atoms with van der Waals surface area (Å²) in [5, 5.41) is 11.8. The van der Waals surface area contributed by atoms with Crippen molar-refractivity contribution in [1.82, 2.24) is 9.29 Å². The van der Waals surface area contributed by atoms with Crippen molar-refractivity contribution in [2.45, 2.75) is 18.4 Å². The third-order valence-electron chi connectivity index (χ3n) is 4.00. The highest BCUT2D eigenvalue weighted by atomic mass is 32.2. The van der Waals surface area contributed by atoms with Crippen LogP contribution in [0.3, 0.4) is 0 Å². The van der Waals surface area contributed by atoms with Crippen molar-refractivity contribution < 1.29 is 13.3 Å². The number of non-ortho nitro benzene ring substituents is 1. The number of nitrogens with zero attached hydrogens (tertiary/aromatic N) is 2. The Hall–Kier alpha value is -2.71. The van der Waals surface area contributed by atoms with E-state index in [-0.39, 0.29) is 17.1 Å². The summed E-state index contributed by atoms with van der Waals surface area (Å²) in [5.74, 6) is 0. The van der Waals surface area contributed by atoms with Crippen LogP contribution in [0.1, 0.15) is 5.69 Å². The summed E-state index contributed by atoms with van der Waals surface area (Å²) in [6.07, 6.45) is 0. The minimum Gasteiger partial charge on any atom is -0.344 e. The van der Waals surface area contributed by atoms with Crippen molar-refractivity contribution >= 4 is 26.6 Å². The van der Waals surface area contributed by atoms with Crippen LogP contribution in [0.25, 0.3) is 10.9 Å². The first-order valence-electron chi connectivity index (χ1n) is 7.67. The Morgan fingerprint density at radius 3 is 2.48 bits per heavy atom. The molecule has 1 aromatic heterocycles. The molecule has 130 valence electrons. The van der Waals surface area contributed by atoms with Gasteiger partial charge in [-0.2, -0.15) is 0 Å². The summed E-state index contributed by atoms with van der Waals surface area (Å²) < 4.78 is 29.2. The maximum absolute atomic E-state index is 12.3. The molecule has 0 saturated heterocycles. The third kappa shape index (κ3) is 3.54. The smallest absolute Gasteiger partial charge is 0.269 e.